The standard InChI is InChI=1S/C17H18ClN3O2.HI/c18-14-5-2-1-4-12(14)11-20-17(19)21-13-6-7-15-16(10-13)23-9-3-8-22-15;/h1-2,4-7,10H,3,8-9,11H2,(H3,19,20,21);1H. The van der Waals surface area contributed by atoms with E-state index in [0.29, 0.717) is 36.5 Å². The second-order valence-electron chi connectivity index (χ2n) is 5.13. The van der Waals surface area contributed by atoms with Gasteiger partial charge in [0.1, 0.15) is 0 Å². The SMILES string of the molecule is I.NC(=NCc1ccccc1Cl)Nc1ccc2c(c1)OCCCO2. The number of ether oxygens (including phenoxy) is 2. The van der Waals surface area contributed by atoms with Crippen molar-refractivity contribution >= 4 is 47.2 Å². The number of nitrogens with zero attached hydrogens (tertiary/aromatic N) is 1. The van der Waals surface area contributed by atoms with E-state index in [9.17, 15) is 0 Å². The Morgan fingerprint density at radius 1 is 1.12 bits per heavy atom. The first-order chi connectivity index (χ1) is 11.2. The van der Waals surface area contributed by atoms with Crippen LogP contribution in [0.5, 0.6) is 11.5 Å². The highest BCUT2D eigenvalue weighted by molar-refractivity contribution is 14.0. The molecule has 0 amide bonds. The Kier molecular flexibility index (Phi) is 6.99. The van der Waals surface area contributed by atoms with E-state index in [-0.39, 0.29) is 24.0 Å². The average molecular weight is 460 g/mol. The maximum absolute atomic E-state index is 6.10. The van der Waals surface area contributed by atoms with Gasteiger partial charge in [-0.3, -0.25) is 0 Å². The Labute approximate surface area is 163 Å². The van der Waals surface area contributed by atoms with Crippen LogP contribution in [-0.4, -0.2) is 19.2 Å². The number of hydrogen-bond acceptors (Lipinski definition) is 3. The van der Waals surface area contributed by atoms with E-state index in [0.717, 1.165) is 23.4 Å². The predicted molar refractivity (Wildman–Crippen MR) is 108 cm³/mol. The molecule has 0 atom stereocenters. The molecule has 2 aromatic carbocycles. The molecule has 0 saturated carbocycles. The smallest absolute Gasteiger partial charge is 0.193 e. The zero-order chi connectivity index (χ0) is 16.1. The summed E-state index contributed by atoms with van der Waals surface area (Å²) in [7, 11) is 0. The zero-order valence-corrected chi connectivity index (χ0v) is 16.1. The largest absolute Gasteiger partial charge is 0.490 e. The number of aliphatic imine (C=N–C) groups is 1. The molecule has 0 unspecified atom stereocenters. The van der Waals surface area contributed by atoms with Crippen molar-refractivity contribution in [3.05, 3.63) is 53.1 Å². The molecule has 3 rings (SSSR count). The van der Waals surface area contributed by atoms with Crippen molar-refractivity contribution in [1.82, 2.24) is 0 Å². The Hall–Kier alpha value is -1.67. The van der Waals surface area contributed by atoms with Crippen LogP contribution in [0.15, 0.2) is 47.5 Å². The van der Waals surface area contributed by atoms with Gasteiger partial charge in [-0.05, 0) is 23.8 Å². The van der Waals surface area contributed by atoms with Gasteiger partial charge in [0, 0.05) is 23.2 Å². The summed E-state index contributed by atoms with van der Waals surface area (Å²) in [4.78, 5) is 4.31. The van der Waals surface area contributed by atoms with Crippen LogP contribution < -0.4 is 20.5 Å². The topological polar surface area (TPSA) is 68.9 Å². The quantitative estimate of drug-likeness (QED) is 0.413. The van der Waals surface area contributed by atoms with Gasteiger partial charge in [-0.1, -0.05) is 29.8 Å². The van der Waals surface area contributed by atoms with Crippen LogP contribution in [0.4, 0.5) is 5.69 Å². The van der Waals surface area contributed by atoms with Gasteiger partial charge in [0.15, 0.2) is 17.5 Å². The molecule has 2 aromatic rings. The third-order valence-electron chi connectivity index (χ3n) is 3.40. The molecule has 0 fully saturated rings. The molecule has 128 valence electrons. The number of fused-ring (bicyclic) bond motifs is 1. The maximum atomic E-state index is 6.10. The van der Waals surface area contributed by atoms with Crippen LogP contribution in [0.2, 0.25) is 5.02 Å². The second-order valence-corrected chi connectivity index (χ2v) is 5.54. The minimum absolute atomic E-state index is 0. The number of guanidine groups is 1. The van der Waals surface area contributed by atoms with Crippen molar-refractivity contribution in [2.45, 2.75) is 13.0 Å². The zero-order valence-electron chi connectivity index (χ0n) is 13.0. The van der Waals surface area contributed by atoms with Crippen molar-refractivity contribution in [1.29, 1.82) is 0 Å². The third-order valence-corrected chi connectivity index (χ3v) is 3.77. The lowest BCUT2D eigenvalue weighted by atomic mass is 10.2. The lowest BCUT2D eigenvalue weighted by Crippen LogP contribution is -2.22. The fraction of sp³-hybridized carbons (Fsp3) is 0.235. The molecule has 1 aliphatic heterocycles. The molecule has 3 N–H and O–H groups in total. The maximum Gasteiger partial charge on any atom is 0.193 e. The second kappa shape index (κ2) is 8.98. The van der Waals surface area contributed by atoms with E-state index in [2.05, 4.69) is 10.3 Å². The van der Waals surface area contributed by atoms with Crippen LogP contribution >= 0.6 is 35.6 Å². The van der Waals surface area contributed by atoms with E-state index in [1.54, 1.807) is 0 Å². The molecule has 0 bridgehead atoms. The van der Waals surface area contributed by atoms with E-state index in [1.807, 2.05) is 42.5 Å². The van der Waals surface area contributed by atoms with Gasteiger partial charge in [-0.2, -0.15) is 0 Å². The number of rotatable bonds is 3. The van der Waals surface area contributed by atoms with Crippen LogP contribution in [-0.2, 0) is 6.54 Å². The summed E-state index contributed by atoms with van der Waals surface area (Å²) in [5.74, 6) is 1.78. The molecule has 0 aliphatic carbocycles. The summed E-state index contributed by atoms with van der Waals surface area (Å²) < 4.78 is 11.3. The van der Waals surface area contributed by atoms with Gasteiger partial charge >= 0.3 is 0 Å². The predicted octanol–water partition coefficient (Wildman–Crippen LogP) is 4.05. The molecule has 7 heteroatoms. The first kappa shape index (κ1) is 18.7. The third kappa shape index (κ3) is 4.91. The van der Waals surface area contributed by atoms with Gasteiger partial charge in [0.25, 0.3) is 0 Å². The highest BCUT2D eigenvalue weighted by atomic mass is 127. The highest BCUT2D eigenvalue weighted by Crippen LogP contribution is 2.32. The summed E-state index contributed by atoms with van der Waals surface area (Å²) in [6, 6.07) is 13.2. The normalized spacial score (nSPS) is 13.6. The Balaban J connectivity index is 0.00000208. The first-order valence-electron chi connectivity index (χ1n) is 7.42. The molecule has 5 nitrogen and oxygen atoms in total. The van der Waals surface area contributed by atoms with E-state index in [1.165, 1.54) is 0 Å². The number of benzene rings is 2. The van der Waals surface area contributed by atoms with Crippen LogP contribution in [0.1, 0.15) is 12.0 Å². The molecular formula is C17H19ClIN3O2. The van der Waals surface area contributed by atoms with Crippen molar-refractivity contribution in [2.75, 3.05) is 18.5 Å². The van der Waals surface area contributed by atoms with Crippen LogP contribution in [0.3, 0.4) is 0 Å². The number of hydrogen-bond donors (Lipinski definition) is 2. The van der Waals surface area contributed by atoms with Crippen molar-refractivity contribution in [2.24, 2.45) is 10.7 Å². The molecule has 1 heterocycles. The lowest BCUT2D eigenvalue weighted by Gasteiger charge is -2.11. The lowest BCUT2D eigenvalue weighted by molar-refractivity contribution is 0.297. The molecular weight excluding hydrogens is 441 g/mol. The number of anilines is 1. The monoisotopic (exact) mass is 459 g/mol. The van der Waals surface area contributed by atoms with Crippen molar-refractivity contribution in [3.8, 4) is 11.5 Å². The van der Waals surface area contributed by atoms with Gasteiger partial charge in [-0.25, -0.2) is 4.99 Å². The Morgan fingerprint density at radius 3 is 2.67 bits per heavy atom. The highest BCUT2D eigenvalue weighted by Gasteiger charge is 2.10. The number of halogens is 2. The van der Waals surface area contributed by atoms with E-state index in [4.69, 9.17) is 26.8 Å². The van der Waals surface area contributed by atoms with E-state index < -0.39 is 0 Å². The fourth-order valence-electron chi connectivity index (χ4n) is 2.23. The van der Waals surface area contributed by atoms with Gasteiger partial charge in [0.05, 0.1) is 19.8 Å². The summed E-state index contributed by atoms with van der Waals surface area (Å²) in [6.07, 6.45) is 0.874. The summed E-state index contributed by atoms with van der Waals surface area (Å²) in [5, 5.41) is 3.73. The van der Waals surface area contributed by atoms with Gasteiger partial charge in [0.2, 0.25) is 0 Å². The van der Waals surface area contributed by atoms with Crippen molar-refractivity contribution in [3.63, 3.8) is 0 Å². The molecule has 0 saturated heterocycles. The minimum atomic E-state index is 0. The molecule has 0 spiro atoms. The molecule has 0 aromatic heterocycles. The summed E-state index contributed by atoms with van der Waals surface area (Å²) in [5.41, 5.74) is 7.66. The van der Waals surface area contributed by atoms with Gasteiger partial charge in [-0.15, -0.1) is 24.0 Å². The molecule has 0 radical (unpaired) electrons. The fourth-order valence-corrected chi connectivity index (χ4v) is 2.42. The summed E-state index contributed by atoms with van der Waals surface area (Å²) in [6.45, 7) is 1.73. The Bertz CT molecular complexity index is 725. The van der Waals surface area contributed by atoms with Crippen LogP contribution in [0.25, 0.3) is 0 Å². The van der Waals surface area contributed by atoms with Gasteiger partial charge < -0.3 is 20.5 Å². The average Bonchev–Trinajstić information content (AvgIpc) is 2.79. The minimum Gasteiger partial charge on any atom is -0.490 e. The van der Waals surface area contributed by atoms with Crippen molar-refractivity contribution < 1.29 is 9.47 Å². The van der Waals surface area contributed by atoms with Crippen LogP contribution in [0, 0.1) is 0 Å². The first-order valence-corrected chi connectivity index (χ1v) is 7.80. The summed E-state index contributed by atoms with van der Waals surface area (Å²) >= 11 is 6.10. The molecule has 1 aliphatic rings. The Morgan fingerprint density at radius 2 is 1.88 bits per heavy atom. The van der Waals surface area contributed by atoms with E-state index >= 15 is 0 Å². The molecule has 24 heavy (non-hydrogen) atoms. The number of nitrogens with one attached hydrogen (secondary N) is 1. The number of nitrogens with two attached hydrogens (primary N) is 1.